The van der Waals surface area contributed by atoms with E-state index in [0.29, 0.717) is 6.42 Å². The summed E-state index contributed by atoms with van der Waals surface area (Å²) in [4.78, 5) is 58.6. The Morgan fingerprint density at radius 2 is 1.55 bits per heavy atom. The third-order valence-electron chi connectivity index (χ3n) is 4.46. The first-order valence-corrected chi connectivity index (χ1v) is 10.6. The molecular formula is C22H30N2O9. The SMILES string of the molecule is CCCCOC(=O)[C@H](CCC(=O)O)NC(=O)N[C@@H](CCC(=O)OCc1ccccc1)C(=O)O. The average molecular weight is 466 g/mol. The summed E-state index contributed by atoms with van der Waals surface area (Å²) in [6.07, 6.45) is 0.253. The van der Waals surface area contributed by atoms with Crippen LogP contribution in [-0.4, -0.2) is 58.8 Å². The number of unbranched alkanes of at least 4 members (excludes halogenated alkanes) is 1. The Bertz CT molecular complexity index is 798. The maximum Gasteiger partial charge on any atom is 0.328 e. The van der Waals surface area contributed by atoms with E-state index < -0.39 is 48.4 Å². The molecule has 0 spiro atoms. The third-order valence-corrected chi connectivity index (χ3v) is 4.46. The van der Waals surface area contributed by atoms with Gasteiger partial charge in [-0.15, -0.1) is 0 Å². The fourth-order valence-electron chi connectivity index (χ4n) is 2.62. The van der Waals surface area contributed by atoms with Gasteiger partial charge in [-0.2, -0.15) is 0 Å². The standard InChI is InChI=1S/C22H30N2O9/c1-2-3-13-32-21(30)17(9-11-18(25)26)24-22(31)23-16(20(28)29)10-12-19(27)33-14-15-7-5-4-6-8-15/h4-8,16-17H,2-3,9-14H2,1H3,(H,25,26)(H,28,29)(H2,23,24,31)/t16-,17-/m0/s1. The van der Waals surface area contributed by atoms with Crippen LogP contribution in [0.25, 0.3) is 0 Å². The summed E-state index contributed by atoms with van der Waals surface area (Å²) in [6, 6.07) is 5.25. The first kappa shape index (κ1) is 27.4. The van der Waals surface area contributed by atoms with Crippen molar-refractivity contribution < 1.29 is 43.7 Å². The lowest BCUT2D eigenvalue weighted by Gasteiger charge is -2.20. The van der Waals surface area contributed by atoms with E-state index >= 15 is 0 Å². The number of carboxylic acid groups (broad SMARTS) is 2. The molecule has 0 aliphatic carbocycles. The number of benzene rings is 1. The second-order valence-electron chi connectivity index (χ2n) is 7.20. The molecule has 1 rings (SSSR count). The predicted molar refractivity (Wildman–Crippen MR) is 115 cm³/mol. The minimum atomic E-state index is -1.43. The zero-order valence-corrected chi connectivity index (χ0v) is 18.5. The highest BCUT2D eigenvalue weighted by Crippen LogP contribution is 2.06. The fourth-order valence-corrected chi connectivity index (χ4v) is 2.62. The van der Waals surface area contributed by atoms with Gasteiger partial charge in [0.25, 0.3) is 0 Å². The van der Waals surface area contributed by atoms with Crippen molar-refractivity contribution in [2.45, 2.75) is 64.1 Å². The van der Waals surface area contributed by atoms with Gasteiger partial charge in [0.05, 0.1) is 6.61 Å². The molecule has 1 aromatic rings. The van der Waals surface area contributed by atoms with Crippen molar-refractivity contribution in [3.05, 3.63) is 35.9 Å². The Hall–Kier alpha value is -3.63. The number of carbonyl (C=O) groups excluding carboxylic acids is 3. The molecular weight excluding hydrogens is 436 g/mol. The van der Waals surface area contributed by atoms with E-state index in [-0.39, 0.29) is 32.5 Å². The Morgan fingerprint density at radius 3 is 2.15 bits per heavy atom. The highest BCUT2D eigenvalue weighted by Gasteiger charge is 2.26. The van der Waals surface area contributed by atoms with Gasteiger partial charge in [-0.3, -0.25) is 9.59 Å². The lowest BCUT2D eigenvalue weighted by atomic mass is 10.1. The number of amides is 2. The van der Waals surface area contributed by atoms with Crippen molar-refractivity contribution in [2.75, 3.05) is 6.61 Å². The quantitative estimate of drug-likeness (QED) is 0.223. The van der Waals surface area contributed by atoms with Crippen LogP contribution in [0.1, 0.15) is 51.0 Å². The highest BCUT2D eigenvalue weighted by molar-refractivity contribution is 5.87. The van der Waals surface area contributed by atoms with E-state index in [1.807, 2.05) is 13.0 Å². The summed E-state index contributed by atoms with van der Waals surface area (Å²) in [7, 11) is 0. The van der Waals surface area contributed by atoms with E-state index in [2.05, 4.69) is 10.6 Å². The Morgan fingerprint density at radius 1 is 0.909 bits per heavy atom. The van der Waals surface area contributed by atoms with Crippen molar-refractivity contribution in [3.8, 4) is 0 Å². The molecule has 2 amide bonds. The van der Waals surface area contributed by atoms with Gasteiger partial charge in [0.15, 0.2) is 0 Å². The molecule has 0 saturated heterocycles. The molecule has 0 saturated carbocycles. The van der Waals surface area contributed by atoms with Crippen LogP contribution in [0.3, 0.4) is 0 Å². The van der Waals surface area contributed by atoms with E-state index in [4.69, 9.17) is 14.6 Å². The maximum absolute atomic E-state index is 12.2. The number of urea groups is 1. The van der Waals surface area contributed by atoms with Crippen LogP contribution in [0, 0.1) is 0 Å². The molecule has 33 heavy (non-hydrogen) atoms. The zero-order chi connectivity index (χ0) is 24.6. The van der Waals surface area contributed by atoms with Gasteiger partial charge in [-0.05, 0) is 24.8 Å². The van der Waals surface area contributed by atoms with Crippen LogP contribution in [0.15, 0.2) is 30.3 Å². The highest BCUT2D eigenvalue weighted by atomic mass is 16.5. The summed E-state index contributed by atoms with van der Waals surface area (Å²) in [6.45, 7) is 2.05. The van der Waals surface area contributed by atoms with Gasteiger partial charge >= 0.3 is 29.9 Å². The van der Waals surface area contributed by atoms with Crippen LogP contribution >= 0.6 is 0 Å². The summed E-state index contributed by atoms with van der Waals surface area (Å²) in [5.41, 5.74) is 0.774. The largest absolute Gasteiger partial charge is 0.481 e. The molecule has 0 aromatic heterocycles. The van der Waals surface area contributed by atoms with Crippen LogP contribution in [0.5, 0.6) is 0 Å². The van der Waals surface area contributed by atoms with E-state index in [1.54, 1.807) is 24.3 Å². The third kappa shape index (κ3) is 12.1. The van der Waals surface area contributed by atoms with Crippen molar-refractivity contribution in [1.29, 1.82) is 0 Å². The lowest BCUT2D eigenvalue weighted by molar-refractivity contribution is -0.147. The molecule has 182 valence electrons. The minimum absolute atomic E-state index is 0.0384. The predicted octanol–water partition coefficient (Wildman–Crippen LogP) is 1.84. The topological polar surface area (TPSA) is 168 Å². The first-order chi connectivity index (χ1) is 15.7. The summed E-state index contributed by atoms with van der Waals surface area (Å²) in [5.74, 6) is -3.99. The Labute approximate surface area is 191 Å². The van der Waals surface area contributed by atoms with Crippen molar-refractivity contribution in [1.82, 2.24) is 10.6 Å². The average Bonchev–Trinajstić information content (AvgIpc) is 2.78. The van der Waals surface area contributed by atoms with Crippen LogP contribution in [-0.2, 0) is 35.3 Å². The molecule has 0 unspecified atom stereocenters. The molecule has 11 heteroatoms. The van der Waals surface area contributed by atoms with E-state index in [9.17, 15) is 29.1 Å². The molecule has 1 aromatic carbocycles. The summed E-state index contributed by atoms with van der Waals surface area (Å²) < 4.78 is 10.1. The minimum Gasteiger partial charge on any atom is -0.481 e. The van der Waals surface area contributed by atoms with Gasteiger partial charge in [-0.25, -0.2) is 14.4 Å². The number of hydrogen-bond donors (Lipinski definition) is 4. The molecule has 0 fully saturated rings. The number of carboxylic acids is 2. The Balaban J connectivity index is 2.57. The fraction of sp³-hybridized carbons (Fsp3) is 0.500. The normalized spacial score (nSPS) is 12.2. The zero-order valence-electron chi connectivity index (χ0n) is 18.5. The van der Waals surface area contributed by atoms with Gasteiger partial charge in [0, 0.05) is 12.8 Å². The molecule has 0 aliphatic heterocycles. The smallest absolute Gasteiger partial charge is 0.328 e. The lowest BCUT2D eigenvalue weighted by Crippen LogP contribution is -2.51. The molecule has 4 N–H and O–H groups in total. The van der Waals surface area contributed by atoms with Crippen molar-refractivity contribution in [2.24, 2.45) is 0 Å². The van der Waals surface area contributed by atoms with Gasteiger partial charge < -0.3 is 30.3 Å². The number of rotatable bonds is 15. The molecule has 11 nitrogen and oxygen atoms in total. The van der Waals surface area contributed by atoms with Gasteiger partial charge in [0.1, 0.15) is 18.7 Å². The number of esters is 2. The van der Waals surface area contributed by atoms with E-state index in [0.717, 1.165) is 12.0 Å². The monoisotopic (exact) mass is 466 g/mol. The van der Waals surface area contributed by atoms with Gasteiger partial charge in [0.2, 0.25) is 0 Å². The molecule has 0 heterocycles. The van der Waals surface area contributed by atoms with Gasteiger partial charge in [-0.1, -0.05) is 43.7 Å². The maximum atomic E-state index is 12.2. The van der Waals surface area contributed by atoms with Crippen LogP contribution in [0.4, 0.5) is 4.79 Å². The van der Waals surface area contributed by atoms with Crippen LogP contribution in [0.2, 0.25) is 0 Å². The van der Waals surface area contributed by atoms with Crippen molar-refractivity contribution in [3.63, 3.8) is 0 Å². The number of carbonyl (C=O) groups is 5. The first-order valence-electron chi connectivity index (χ1n) is 10.6. The number of ether oxygens (including phenoxy) is 2. The number of aliphatic carboxylic acids is 2. The molecule has 2 atom stereocenters. The summed E-state index contributed by atoms with van der Waals surface area (Å²) >= 11 is 0. The molecule has 0 radical (unpaired) electrons. The van der Waals surface area contributed by atoms with Crippen LogP contribution < -0.4 is 10.6 Å². The van der Waals surface area contributed by atoms with E-state index in [1.165, 1.54) is 0 Å². The van der Waals surface area contributed by atoms with Crippen molar-refractivity contribution >= 4 is 29.9 Å². The second-order valence-corrected chi connectivity index (χ2v) is 7.20. The second kappa shape index (κ2) is 15.2. The number of nitrogens with one attached hydrogen (secondary N) is 2. The number of hydrogen-bond acceptors (Lipinski definition) is 7. The summed E-state index contributed by atoms with van der Waals surface area (Å²) in [5, 5.41) is 22.6. The molecule has 0 bridgehead atoms. The Kier molecular flexibility index (Phi) is 12.6. The molecule has 0 aliphatic rings.